The lowest BCUT2D eigenvalue weighted by Crippen LogP contribution is -2.41. The lowest BCUT2D eigenvalue weighted by Gasteiger charge is -2.26. The highest BCUT2D eigenvalue weighted by Crippen LogP contribution is 2.22. The van der Waals surface area contributed by atoms with Crippen molar-refractivity contribution in [1.29, 1.82) is 0 Å². The predicted molar refractivity (Wildman–Crippen MR) is 41.9 cm³/mol. The Hall–Kier alpha value is -1.31. The molecule has 1 atom stereocenters. The quantitative estimate of drug-likeness (QED) is 0.595. The molecule has 0 spiro atoms. The molecule has 1 heterocycles. The van der Waals surface area contributed by atoms with Gasteiger partial charge in [0.2, 0.25) is 5.91 Å². The average Bonchev–Trinajstić information content (AvgIpc) is 2.01. The lowest BCUT2D eigenvalue weighted by molar-refractivity contribution is -0.128. The average molecular weight is 147 g/mol. The van der Waals surface area contributed by atoms with Crippen molar-refractivity contribution in [2.45, 2.75) is 12.5 Å². The minimum Gasteiger partial charge on any atom is -0.349 e. The topological polar surface area (TPSA) is 29.1 Å². The Morgan fingerprint density at radius 1 is 1.27 bits per heavy atom. The van der Waals surface area contributed by atoms with Crippen LogP contribution in [-0.4, -0.2) is 5.91 Å². The van der Waals surface area contributed by atoms with Crippen molar-refractivity contribution in [3.63, 3.8) is 0 Å². The van der Waals surface area contributed by atoms with Crippen LogP contribution in [0, 0.1) is 0 Å². The first-order chi connectivity index (χ1) is 5.36. The van der Waals surface area contributed by atoms with E-state index in [9.17, 15) is 4.79 Å². The van der Waals surface area contributed by atoms with Crippen LogP contribution >= 0.6 is 0 Å². The van der Waals surface area contributed by atoms with Gasteiger partial charge in [-0.3, -0.25) is 4.79 Å². The van der Waals surface area contributed by atoms with Crippen LogP contribution in [-0.2, 0) is 4.79 Å². The third-order valence-corrected chi connectivity index (χ3v) is 1.93. The molecule has 0 radical (unpaired) electrons. The molecule has 2 rings (SSSR count). The maximum atomic E-state index is 10.6. The number of benzene rings is 1. The second-order valence-corrected chi connectivity index (χ2v) is 2.73. The smallest absolute Gasteiger partial charge is 0.222 e. The molecule has 0 bridgehead atoms. The van der Waals surface area contributed by atoms with E-state index in [1.54, 1.807) is 0 Å². The zero-order valence-corrected chi connectivity index (χ0v) is 6.08. The summed E-state index contributed by atoms with van der Waals surface area (Å²) in [6, 6.07) is 10.3. The number of hydrogen-bond acceptors (Lipinski definition) is 1. The SMILES string of the molecule is O=C1C[C@@H](c2ccccc2)N1. The van der Waals surface area contributed by atoms with Gasteiger partial charge in [0, 0.05) is 0 Å². The number of β-lactam (4-membered cyclic amide) rings is 1. The van der Waals surface area contributed by atoms with E-state index < -0.39 is 0 Å². The molecule has 0 unspecified atom stereocenters. The Labute approximate surface area is 65.2 Å². The standard InChI is InChI=1S/C9H9NO/c11-9-6-8(10-9)7-4-2-1-3-5-7/h1-5,8H,6H2,(H,10,11)/t8-/m0/s1. The van der Waals surface area contributed by atoms with Crippen LogP contribution in [0.15, 0.2) is 30.3 Å². The van der Waals surface area contributed by atoms with Crippen LogP contribution in [0.5, 0.6) is 0 Å². The Morgan fingerprint density at radius 3 is 2.45 bits per heavy atom. The molecule has 1 aromatic carbocycles. The first-order valence-electron chi connectivity index (χ1n) is 3.70. The summed E-state index contributed by atoms with van der Waals surface area (Å²) in [5.74, 6) is 0.152. The van der Waals surface area contributed by atoms with E-state index in [4.69, 9.17) is 0 Å². The van der Waals surface area contributed by atoms with Crippen LogP contribution in [0.25, 0.3) is 0 Å². The van der Waals surface area contributed by atoms with Gasteiger partial charge < -0.3 is 5.32 Å². The van der Waals surface area contributed by atoms with E-state index in [0.717, 1.165) is 0 Å². The van der Waals surface area contributed by atoms with E-state index in [1.165, 1.54) is 5.56 Å². The highest BCUT2D eigenvalue weighted by Gasteiger charge is 2.25. The molecule has 1 aliphatic rings. The molecule has 1 fully saturated rings. The molecule has 1 amide bonds. The van der Waals surface area contributed by atoms with Gasteiger partial charge in [-0.05, 0) is 5.56 Å². The molecule has 56 valence electrons. The monoisotopic (exact) mass is 147 g/mol. The highest BCUT2D eigenvalue weighted by molar-refractivity contribution is 5.83. The van der Waals surface area contributed by atoms with Gasteiger partial charge in [-0.1, -0.05) is 30.3 Å². The maximum Gasteiger partial charge on any atom is 0.222 e. The zero-order valence-electron chi connectivity index (χ0n) is 6.08. The number of carbonyl (C=O) groups excluding carboxylic acids is 1. The Kier molecular flexibility index (Phi) is 1.39. The minimum absolute atomic E-state index is 0.152. The third kappa shape index (κ3) is 1.11. The molecule has 2 nitrogen and oxygen atoms in total. The normalized spacial score (nSPS) is 22.2. The number of rotatable bonds is 1. The number of carbonyl (C=O) groups is 1. The fraction of sp³-hybridized carbons (Fsp3) is 0.222. The Balaban J connectivity index is 2.13. The third-order valence-electron chi connectivity index (χ3n) is 1.93. The van der Waals surface area contributed by atoms with Gasteiger partial charge in [0.15, 0.2) is 0 Å². The van der Waals surface area contributed by atoms with Crippen molar-refractivity contribution in [2.75, 3.05) is 0 Å². The van der Waals surface area contributed by atoms with E-state index in [1.807, 2.05) is 30.3 Å². The molecule has 0 saturated carbocycles. The first kappa shape index (κ1) is 6.40. The predicted octanol–water partition coefficient (Wildman–Crippen LogP) is 1.25. The molecular formula is C9H9NO. The minimum atomic E-state index is 0.152. The molecule has 1 N–H and O–H groups in total. The summed E-state index contributed by atoms with van der Waals surface area (Å²) in [6.07, 6.45) is 0.643. The Morgan fingerprint density at radius 2 is 1.91 bits per heavy atom. The van der Waals surface area contributed by atoms with Gasteiger partial charge in [-0.15, -0.1) is 0 Å². The van der Waals surface area contributed by atoms with Crippen LogP contribution < -0.4 is 5.32 Å². The van der Waals surface area contributed by atoms with Crippen LogP contribution in [0.3, 0.4) is 0 Å². The second-order valence-electron chi connectivity index (χ2n) is 2.73. The fourth-order valence-corrected chi connectivity index (χ4v) is 1.25. The van der Waals surface area contributed by atoms with Gasteiger partial charge >= 0.3 is 0 Å². The summed E-state index contributed by atoms with van der Waals surface area (Å²) in [5.41, 5.74) is 1.20. The van der Waals surface area contributed by atoms with Crippen molar-refractivity contribution < 1.29 is 4.79 Å². The summed E-state index contributed by atoms with van der Waals surface area (Å²) >= 11 is 0. The molecule has 0 aromatic heterocycles. The molecule has 11 heavy (non-hydrogen) atoms. The summed E-state index contributed by atoms with van der Waals surface area (Å²) in [6.45, 7) is 0. The van der Waals surface area contributed by atoms with Crippen molar-refractivity contribution in [3.05, 3.63) is 35.9 Å². The van der Waals surface area contributed by atoms with Crippen LogP contribution in [0.4, 0.5) is 0 Å². The molecule has 1 aromatic rings. The summed E-state index contributed by atoms with van der Waals surface area (Å²) in [7, 11) is 0. The van der Waals surface area contributed by atoms with Crippen molar-refractivity contribution in [2.24, 2.45) is 0 Å². The van der Waals surface area contributed by atoms with Gasteiger partial charge in [0.25, 0.3) is 0 Å². The molecular weight excluding hydrogens is 138 g/mol. The van der Waals surface area contributed by atoms with E-state index in [0.29, 0.717) is 6.42 Å². The molecule has 0 aliphatic carbocycles. The summed E-state index contributed by atoms with van der Waals surface area (Å²) in [5, 5.41) is 2.82. The zero-order chi connectivity index (χ0) is 7.68. The van der Waals surface area contributed by atoms with E-state index >= 15 is 0 Å². The molecule has 1 aliphatic heterocycles. The van der Waals surface area contributed by atoms with Crippen molar-refractivity contribution in [1.82, 2.24) is 5.32 Å². The van der Waals surface area contributed by atoms with Crippen molar-refractivity contribution in [3.8, 4) is 0 Å². The van der Waals surface area contributed by atoms with E-state index in [-0.39, 0.29) is 11.9 Å². The molecule has 1 saturated heterocycles. The highest BCUT2D eigenvalue weighted by atomic mass is 16.2. The van der Waals surface area contributed by atoms with Crippen molar-refractivity contribution >= 4 is 5.91 Å². The Bertz CT molecular complexity index is 260. The van der Waals surface area contributed by atoms with Crippen LogP contribution in [0.1, 0.15) is 18.0 Å². The number of nitrogens with one attached hydrogen (secondary N) is 1. The summed E-state index contributed by atoms with van der Waals surface area (Å²) in [4.78, 5) is 10.6. The van der Waals surface area contributed by atoms with Gasteiger partial charge in [0.05, 0.1) is 12.5 Å². The largest absolute Gasteiger partial charge is 0.349 e. The van der Waals surface area contributed by atoms with Gasteiger partial charge in [-0.25, -0.2) is 0 Å². The van der Waals surface area contributed by atoms with Crippen LogP contribution in [0.2, 0.25) is 0 Å². The lowest BCUT2D eigenvalue weighted by atomic mass is 9.98. The maximum absolute atomic E-state index is 10.6. The van der Waals surface area contributed by atoms with E-state index in [2.05, 4.69) is 5.32 Å². The molecule has 2 heteroatoms. The fourth-order valence-electron chi connectivity index (χ4n) is 1.25. The summed E-state index contributed by atoms with van der Waals surface area (Å²) < 4.78 is 0. The van der Waals surface area contributed by atoms with Gasteiger partial charge in [0.1, 0.15) is 0 Å². The first-order valence-corrected chi connectivity index (χ1v) is 3.70. The van der Waals surface area contributed by atoms with Gasteiger partial charge in [-0.2, -0.15) is 0 Å². The number of amides is 1. The number of hydrogen-bond donors (Lipinski definition) is 1. The second kappa shape index (κ2) is 2.38.